The fourth-order valence-electron chi connectivity index (χ4n) is 2.42. The first-order valence-corrected chi connectivity index (χ1v) is 8.31. The third-order valence-electron chi connectivity index (χ3n) is 3.63. The van der Waals surface area contributed by atoms with E-state index in [-0.39, 0.29) is 0 Å². The molecule has 1 aromatic heterocycles. The SMILES string of the molecule is CCC(Nc1ccc(N(CC)CC)cc1)c1cccs1. The average Bonchev–Trinajstić information content (AvgIpc) is 3.01. The largest absolute Gasteiger partial charge is 0.377 e. The summed E-state index contributed by atoms with van der Waals surface area (Å²) in [6.07, 6.45) is 1.10. The molecule has 2 rings (SSSR count). The Morgan fingerprint density at radius 1 is 1.05 bits per heavy atom. The van der Waals surface area contributed by atoms with Crippen LogP contribution in [0.1, 0.15) is 38.1 Å². The summed E-state index contributed by atoms with van der Waals surface area (Å²) in [4.78, 5) is 3.76. The molecule has 0 aliphatic heterocycles. The first-order chi connectivity index (χ1) is 9.78. The Morgan fingerprint density at radius 3 is 2.25 bits per heavy atom. The summed E-state index contributed by atoms with van der Waals surface area (Å²) < 4.78 is 0. The highest BCUT2D eigenvalue weighted by Gasteiger charge is 2.10. The van der Waals surface area contributed by atoms with E-state index in [0.717, 1.165) is 19.5 Å². The van der Waals surface area contributed by atoms with Gasteiger partial charge in [-0.25, -0.2) is 0 Å². The highest BCUT2D eigenvalue weighted by molar-refractivity contribution is 7.10. The molecule has 0 aliphatic carbocycles. The van der Waals surface area contributed by atoms with E-state index < -0.39 is 0 Å². The molecule has 2 aromatic rings. The predicted molar refractivity (Wildman–Crippen MR) is 91.0 cm³/mol. The highest BCUT2D eigenvalue weighted by atomic mass is 32.1. The van der Waals surface area contributed by atoms with Crippen molar-refractivity contribution in [2.75, 3.05) is 23.3 Å². The molecule has 1 unspecified atom stereocenters. The third-order valence-corrected chi connectivity index (χ3v) is 4.62. The van der Waals surface area contributed by atoms with Gasteiger partial charge in [-0.2, -0.15) is 0 Å². The Labute approximate surface area is 126 Å². The molecule has 1 heterocycles. The van der Waals surface area contributed by atoms with Gasteiger partial charge in [0.05, 0.1) is 6.04 Å². The van der Waals surface area contributed by atoms with Crippen LogP contribution in [0.3, 0.4) is 0 Å². The van der Waals surface area contributed by atoms with Gasteiger partial charge in [0, 0.05) is 29.3 Å². The quantitative estimate of drug-likeness (QED) is 0.757. The first-order valence-electron chi connectivity index (χ1n) is 7.43. The minimum absolute atomic E-state index is 0.411. The first kappa shape index (κ1) is 14.9. The number of nitrogens with zero attached hydrogens (tertiary/aromatic N) is 1. The van der Waals surface area contributed by atoms with E-state index in [9.17, 15) is 0 Å². The van der Waals surface area contributed by atoms with E-state index in [1.807, 2.05) is 11.3 Å². The standard InChI is InChI=1S/C17H24N2S/c1-4-16(17-8-7-13-20-17)18-14-9-11-15(12-10-14)19(5-2)6-3/h7-13,16,18H,4-6H2,1-3H3. The molecular weight excluding hydrogens is 264 g/mol. The lowest BCUT2D eigenvalue weighted by Gasteiger charge is -2.22. The van der Waals surface area contributed by atoms with Crippen LogP contribution in [0.2, 0.25) is 0 Å². The fraction of sp³-hybridized carbons (Fsp3) is 0.412. The molecule has 3 heteroatoms. The summed E-state index contributed by atoms with van der Waals surface area (Å²) in [5, 5.41) is 5.77. The molecule has 1 N–H and O–H groups in total. The number of benzene rings is 1. The maximum absolute atomic E-state index is 3.63. The van der Waals surface area contributed by atoms with Crippen LogP contribution in [0.15, 0.2) is 41.8 Å². The van der Waals surface area contributed by atoms with Crippen molar-refractivity contribution in [3.05, 3.63) is 46.7 Å². The highest BCUT2D eigenvalue weighted by Crippen LogP contribution is 2.27. The molecule has 1 atom stereocenters. The number of hydrogen-bond donors (Lipinski definition) is 1. The van der Waals surface area contributed by atoms with E-state index in [1.165, 1.54) is 16.3 Å². The van der Waals surface area contributed by atoms with Crippen LogP contribution in [0.5, 0.6) is 0 Å². The molecule has 0 aliphatic rings. The zero-order valence-electron chi connectivity index (χ0n) is 12.6. The second-order valence-corrected chi connectivity index (χ2v) is 5.82. The third kappa shape index (κ3) is 3.54. The van der Waals surface area contributed by atoms with E-state index in [2.05, 4.69) is 72.8 Å². The van der Waals surface area contributed by atoms with Crippen LogP contribution in [0.4, 0.5) is 11.4 Å². The lowest BCUT2D eigenvalue weighted by molar-refractivity contribution is 0.764. The second kappa shape index (κ2) is 7.34. The molecule has 0 fully saturated rings. The summed E-state index contributed by atoms with van der Waals surface area (Å²) in [6.45, 7) is 8.72. The Bertz CT molecular complexity index is 486. The van der Waals surface area contributed by atoms with Gasteiger partial charge in [-0.3, -0.25) is 0 Å². The van der Waals surface area contributed by atoms with Gasteiger partial charge in [-0.15, -0.1) is 11.3 Å². The number of anilines is 2. The zero-order valence-corrected chi connectivity index (χ0v) is 13.4. The van der Waals surface area contributed by atoms with E-state index in [0.29, 0.717) is 6.04 Å². The molecule has 0 spiro atoms. The van der Waals surface area contributed by atoms with Crippen LogP contribution in [-0.2, 0) is 0 Å². The van der Waals surface area contributed by atoms with Crippen molar-refractivity contribution in [1.82, 2.24) is 0 Å². The number of hydrogen-bond acceptors (Lipinski definition) is 3. The van der Waals surface area contributed by atoms with E-state index in [1.54, 1.807) is 0 Å². The van der Waals surface area contributed by atoms with Crippen molar-refractivity contribution < 1.29 is 0 Å². The number of thiophene rings is 1. The van der Waals surface area contributed by atoms with Gasteiger partial charge in [0.15, 0.2) is 0 Å². The Balaban J connectivity index is 2.06. The van der Waals surface area contributed by atoms with Crippen LogP contribution in [-0.4, -0.2) is 13.1 Å². The average molecular weight is 288 g/mol. The normalized spacial score (nSPS) is 12.2. The molecular formula is C17H24N2S. The topological polar surface area (TPSA) is 15.3 Å². The number of rotatable bonds is 7. The minimum atomic E-state index is 0.411. The van der Waals surface area contributed by atoms with Crippen LogP contribution in [0, 0.1) is 0 Å². The van der Waals surface area contributed by atoms with Crippen LogP contribution in [0.25, 0.3) is 0 Å². The van der Waals surface area contributed by atoms with Crippen LogP contribution >= 0.6 is 11.3 Å². The fourth-order valence-corrected chi connectivity index (χ4v) is 3.28. The van der Waals surface area contributed by atoms with E-state index >= 15 is 0 Å². The van der Waals surface area contributed by atoms with Crippen LogP contribution < -0.4 is 10.2 Å². The van der Waals surface area contributed by atoms with Crippen molar-refractivity contribution in [2.45, 2.75) is 33.2 Å². The van der Waals surface area contributed by atoms with Gasteiger partial charge in [-0.1, -0.05) is 13.0 Å². The zero-order chi connectivity index (χ0) is 14.4. The van der Waals surface area contributed by atoms with Gasteiger partial charge in [0.25, 0.3) is 0 Å². The minimum Gasteiger partial charge on any atom is -0.377 e. The monoisotopic (exact) mass is 288 g/mol. The Morgan fingerprint density at radius 2 is 1.75 bits per heavy atom. The van der Waals surface area contributed by atoms with Crippen molar-refractivity contribution in [3.8, 4) is 0 Å². The van der Waals surface area contributed by atoms with Gasteiger partial charge >= 0.3 is 0 Å². The summed E-state index contributed by atoms with van der Waals surface area (Å²) in [5.41, 5.74) is 2.49. The van der Waals surface area contributed by atoms with Crippen molar-refractivity contribution in [1.29, 1.82) is 0 Å². The summed E-state index contributed by atoms with van der Waals surface area (Å²) in [5.74, 6) is 0. The molecule has 108 valence electrons. The lowest BCUT2D eigenvalue weighted by Crippen LogP contribution is -2.21. The molecule has 0 amide bonds. The van der Waals surface area contributed by atoms with Gasteiger partial charge in [0.1, 0.15) is 0 Å². The molecule has 0 saturated heterocycles. The molecule has 20 heavy (non-hydrogen) atoms. The second-order valence-electron chi connectivity index (χ2n) is 4.84. The lowest BCUT2D eigenvalue weighted by atomic mass is 10.1. The number of nitrogens with one attached hydrogen (secondary N) is 1. The Hall–Kier alpha value is -1.48. The van der Waals surface area contributed by atoms with Crippen molar-refractivity contribution in [3.63, 3.8) is 0 Å². The molecule has 1 aromatic carbocycles. The van der Waals surface area contributed by atoms with Gasteiger partial charge < -0.3 is 10.2 Å². The summed E-state index contributed by atoms with van der Waals surface area (Å²) in [6, 6.07) is 13.5. The molecule has 2 nitrogen and oxygen atoms in total. The maximum Gasteiger partial charge on any atom is 0.0603 e. The van der Waals surface area contributed by atoms with E-state index in [4.69, 9.17) is 0 Å². The maximum atomic E-state index is 3.63. The Kier molecular flexibility index (Phi) is 5.48. The predicted octanol–water partition coefficient (Wildman–Crippen LogP) is 5.16. The van der Waals surface area contributed by atoms with Crippen molar-refractivity contribution >= 4 is 22.7 Å². The van der Waals surface area contributed by atoms with Crippen molar-refractivity contribution in [2.24, 2.45) is 0 Å². The smallest absolute Gasteiger partial charge is 0.0603 e. The molecule has 0 radical (unpaired) electrons. The van der Waals surface area contributed by atoms with Gasteiger partial charge in [0.2, 0.25) is 0 Å². The summed E-state index contributed by atoms with van der Waals surface area (Å²) >= 11 is 1.82. The van der Waals surface area contributed by atoms with Gasteiger partial charge in [-0.05, 0) is 56.0 Å². The molecule has 0 saturated carbocycles. The summed E-state index contributed by atoms with van der Waals surface area (Å²) in [7, 11) is 0. The molecule has 0 bridgehead atoms.